The molecule has 0 bridgehead atoms. The molecule has 1 saturated heterocycles. The fraction of sp³-hybridized carbons (Fsp3) is 0.538. The normalized spacial score (nSPS) is 16.8. The number of primary amides is 1. The molecule has 3 N–H and O–H groups in total. The number of carbonyl (C=O) groups is 1. The Morgan fingerprint density at radius 1 is 1.56 bits per heavy atom. The van der Waals surface area contributed by atoms with Crippen molar-refractivity contribution in [2.45, 2.75) is 12.8 Å². The average molecular weight is 248 g/mol. The summed E-state index contributed by atoms with van der Waals surface area (Å²) < 4.78 is 0. The van der Waals surface area contributed by atoms with E-state index in [0.717, 1.165) is 31.2 Å². The van der Waals surface area contributed by atoms with Crippen molar-refractivity contribution < 1.29 is 4.79 Å². The maximum atomic E-state index is 11.1. The minimum absolute atomic E-state index is 0.338. The lowest BCUT2D eigenvalue weighted by Gasteiger charge is -2.33. The molecule has 0 aliphatic carbocycles. The quantitative estimate of drug-likeness (QED) is 0.819. The van der Waals surface area contributed by atoms with Crippen molar-refractivity contribution in [1.29, 1.82) is 0 Å². The first-order chi connectivity index (χ1) is 8.70. The highest BCUT2D eigenvalue weighted by Gasteiger charge is 2.19. The second-order valence-corrected chi connectivity index (χ2v) is 4.75. The lowest BCUT2D eigenvalue weighted by atomic mass is 9.96. The van der Waals surface area contributed by atoms with Gasteiger partial charge in [-0.15, -0.1) is 0 Å². The van der Waals surface area contributed by atoms with E-state index in [1.165, 1.54) is 12.8 Å². The van der Waals surface area contributed by atoms with Gasteiger partial charge in [0.05, 0.1) is 0 Å². The topological polar surface area (TPSA) is 71.2 Å². The number of nitrogens with zero attached hydrogens (tertiary/aromatic N) is 2. The Bertz CT molecular complexity index is 413. The number of hydrogen-bond donors (Lipinski definition) is 2. The third kappa shape index (κ3) is 2.98. The summed E-state index contributed by atoms with van der Waals surface area (Å²) in [7, 11) is 1.99. The van der Waals surface area contributed by atoms with Gasteiger partial charge in [-0.2, -0.15) is 0 Å². The smallest absolute Gasteiger partial charge is 0.267 e. The molecule has 0 saturated carbocycles. The Hall–Kier alpha value is -1.62. The number of hydrogen-bond acceptors (Lipinski definition) is 4. The van der Waals surface area contributed by atoms with Gasteiger partial charge in [-0.1, -0.05) is 0 Å². The number of nitrogens with one attached hydrogen (secondary N) is 1. The van der Waals surface area contributed by atoms with Crippen molar-refractivity contribution in [3.8, 4) is 0 Å². The van der Waals surface area contributed by atoms with Gasteiger partial charge in [0.1, 0.15) is 5.69 Å². The molecule has 1 amide bonds. The first-order valence-corrected chi connectivity index (χ1v) is 6.36. The summed E-state index contributed by atoms with van der Waals surface area (Å²) in [5.41, 5.74) is 6.63. The third-order valence-corrected chi connectivity index (χ3v) is 3.47. The molecule has 1 aliphatic heterocycles. The number of carbonyl (C=O) groups excluding carboxylic acids is 1. The zero-order valence-electron chi connectivity index (χ0n) is 10.7. The van der Waals surface area contributed by atoms with E-state index in [-0.39, 0.29) is 0 Å². The van der Waals surface area contributed by atoms with Crippen LogP contribution in [-0.4, -0.2) is 37.6 Å². The van der Waals surface area contributed by atoms with Crippen LogP contribution in [0.5, 0.6) is 0 Å². The highest BCUT2D eigenvalue weighted by molar-refractivity contribution is 5.91. The van der Waals surface area contributed by atoms with E-state index >= 15 is 0 Å². The Morgan fingerprint density at radius 2 is 2.28 bits per heavy atom. The highest BCUT2D eigenvalue weighted by atomic mass is 16.1. The van der Waals surface area contributed by atoms with Crippen LogP contribution in [0.1, 0.15) is 23.3 Å². The number of anilines is 1. The van der Waals surface area contributed by atoms with Crippen molar-refractivity contribution in [3.63, 3.8) is 0 Å². The van der Waals surface area contributed by atoms with Gasteiger partial charge in [0, 0.05) is 25.0 Å². The number of aromatic nitrogens is 1. The Labute approximate surface area is 107 Å². The summed E-state index contributed by atoms with van der Waals surface area (Å²) in [6, 6.07) is 3.71. The fourth-order valence-corrected chi connectivity index (χ4v) is 2.43. The summed E-state index contributed by atoms with van der Waals surface area (Å²) in [5.74, 6) is 0.283. The van der Waals surface area contributed by atoms with Crippen molar-refractivity contribution >= 4 is 11.6 Å². The number of nitrogens with two attached hydrogens (primary N) is 1. The lowest BCUT2D eigenvalue weighted by Crippen LogP contribution is -2.36. The number of amides is 1. The molecular weight excluding hydrogens is 228 g/mol. The molecule has 98 valence electrons. The molecule has 5 nitrogen and oxygen atoms in total. The van der Waals surface area contributed by atoms with Crippen molar-refractivity contribution in [2.24, 2.45) is 11.7 Å². The number of pyridine rings is 1. The SMILES string of the molecule is CNCC1CCN(c2ccnc(C(N)=O)c2)CC1. The zero-order valence-corrected chi connectivity index (χ0v) is 10.7. The molecule has 0 unspecified atom stereocenters. The molecule has 0 radical (unpaired) electrons. The first kappa shape index (κ1) is 12.8. The van der Waals surface area contributed by atoms with Gasteiger partial charge in [0.25, 0.3) is 5.91 Å². The van der Waals surface area contributed by atoms with E-state index in [1.54, 1.807) is 12.3 Å². The van der Waals surface area contributed by atoms with E-state index in [2.05, 4.69) is 15.2 Å². The summed E-state index contributed by atoms with van der Waals surface area (Å²) >= 11 is 0. The molecule has 2 heterocycles. The minimum Gasteiger partial charge on any atom is -0.371 e. The van der Waals surface area contributed by atoms with E-state index in [9.17, 15) is 4.79 Å². The molecule has 1 aliphatic rings. The minimum atomic E-state index is -0.470. The highest BCUT2D eigenvalue weighted by Crippen LogP contribution is 2.22. The van der Waals surface area contributed by atoms with Crippen LogP contribution in [0.15, 0.2) is 18.3 Å². The van der Waals surface area contributed by atoms with Gasteiger partial charge in [-0.25, -0.2) is 0 Å². The average Bonchev–Trinajstić information content (AvgIpc) is 2.40. The Balaban J connectivity index is 2.01. The van der Waals surface area contributed by atoms with Crippen LogP contribution in [0.2, 0.25) is 0 Å². The molecule has 5 heteroatoms. The van der Waals surface area contributed by atoms with Gasteiger partial charge in [0.15, 0.2) is 0 Å². The Kier molecular flexibility index (Phi) is 4.15. The lowest BCUT2D eigenvalue weighted by molar-refractivity contribution is 0.0995. The predicted molar refractivity (Wildman–Crippen MR) is 71.6 cm³/mol. The molecule has 2 rings (SSSR count). The summed E-state index contributed by atoms with van der Waals surface area (Å²) in [4.78, 5) is 17.4. The molecule has 0 atom stereocenters. The van der Waals surface area contributed by atoms with Gasteiger partial charge >= 0.3 is 0 Å². The van der Waals surface area contributed by atoms with Crippen LogP contribution in [0.25, 0.3) is 0 Å². The first-order valence-electron chi connectivity index (χ1n) is 6.36. The largest absolute Gasteiger partial charge is 0.371 e. The molecule has 1 fully saturated rings. The fourth-order valence-electron chi connectivity index (χ4n) is 2.43. The van der Waals surface area contributed by atoms with Gasteiger partial charge in [-0.05, 0) is 44.5 Å². The standard InChI is InChI=1S/C13H20N4O/c1-15-9-10-3-6-17(7-4-10)11-2-5-16-12(8-11)13(14)18/h2,5,8,10,15H,3-4,6-7,9H2,1H3,(H2,14,18). The Morgan fingerprint density at radius 3 is 2.89 bits per heavy atom. The van der Waals surface area contributed by atoms with Crippen LogP contribution >= 0.6 is 0 Å². The van der Waals surface area contributed by atoms with Crippen LogP contribution < -0.4 is 16.0 Å². The molecule has 1 aromatic heterocycles. The third-order valence-electron chi connectivity index (χ3n) is 3.47. The van der Waals surface area contributed by atoms with E-state index in [1.807, 2.05) is 13.1 Å². The van der Waals surface area contributed by atoms with Gasteiger partial charge in [-0.3, -0.25) is 9.78 Å². The predicted octanol–water partition coefficient (Wildman–Crippen LogP) is 0.616. The van der Waals surface area contributed by atoms with Crippen molar-refractivity contribution in [1.82, 2.24) is 10.3 Å². The molecule has 0 aromatic carbocycles. The van der Waals surface area contributed by atoms with Crippen molar-refractivity contribution in [2.75, 3.05) is 31.6 Å². The van der Waals surface area contributed by atoms with E-state index in [4.69, 9.17) is 5.73 Å². The number of rotatable bonds is 4. The van der Waals surface area contributed by atoms with Crippen LogP contribution in [0.3, 0.4) is 0 Å². The monoisotopic (exact) mass is 248 g/mol. The summed E-state index contributed by atoms with van der Waals surface area (Å²) in [6.07, 6.45) is 4.00. The van der Waals surface area contributed by atoms with Crippen LogP contribution in [-0.2, 0) is 0 Å². The van der Waals surface area contributed by atoms with Gasteiger partial charge < -0.3 is 16.0 Å². The second-order valence-electron chi connectivity index (χ2n) is 4.75. The zero-order chi connectivity index (χ0) is 13.0. The maximum absolute atomic E-state index is 11.1. The molecular formula is C13H20N4O. The maximum Gasteiger partial charge on any atom is 0.267 e. The summed E-state index contributed by atoms with van der Waals surface area (Å²) in [6.45, 7) is 3.12. The van der Waals surface area contributed by atoms with Crippen molar-refractivity contribution in [3.05, 3.63) is 24.0 Å². The summed E-state index contributed by atoms with van der Waals surface area (Å²) in [5, 5.41) is 3.23. The second kappa shape index (κ2) is 5.82. The van der Waals surface area contributed by atoms with Gasteiger partial charge in [0.2, 0.25) is 0 Å². The van der Waals surface area contributed by atoms with Crippen LogP contribution in [0, 0.1) is 5.92 Å². The van der Waals surface area contributed by atoms with E-state index < -0.39 is 5.91 Å². The molecule has 18 heavy (non-hydrogen) atoms. The van der Waals surface area contributed by atoms with E-state index in [0.29, 0.717) is 5.69 Å². The molecule has 1 aromatic rings. The van der Waals surface area contributed by atoms with Crippen LogP contribution in [0.4, 0.5) is 5.69 Å². The molecule has 0 spiro atoms. The number of piperidine rings is 1.